The number of halogens is 6. The van der Waals surface area contributed by atoms with E-state index < -0.39 is 29.4 Å². The van der Waals surface area contributed by atoms with E-state index in [-0.39, 0.29) is 10.8 Å². The van der Waals surface area contributed by atoms with Crippen LogP contribution in [-0.4, -0.2) is 11.3 Å². The third-order valence-corrected chi connectivity index (χ3v) is 2.34. The fourth-order valence-electron chi connectivity index (χ4n) is 1.10. The fraction of sp³-hybridized carbons (Fsp3) is 0.250. The molecule has 0 atom stereocenters. The summed E-state index contributed by atoms with van der Waals surface area (Å²) in [5.41, 5.74) is -4.03. The maximum Gasteiger partial charge on any atom is 0.419 e. The minimum Gasteiger partial charge on any atom is -0.298 e. The summed E-state index contributed by atoms with van der Waals surface area (Å²) in [6, 6.07) is 0. The van der Waals surface area contributed by atoms with Crippen molar-refractivity contribution in [3.05, 3.63) is 27.5 Å². The van der Waals surface area contributed by atoms with E-state index in [4.69, 9.17) is 0 Å². The highest BCUT2D eigenvalue weighted by atomic mass is 79.9. The average Bonchev–Trinajstić information content (AvgIpc) is 2.15. The lowest BCUT2D eigenvalue weighted by Crippen LogP contribution is -2.15. The molecule has 16 heavy (non-hydrogen) atoms. The van der Waals surface area contributed by atoms with Gasteiger partial charge >= 0.3 is 6.18 Å². The number of carbonyl (C=O) groups is 1. The number of pyridine rings is 1. The summed E-state index contributed by atoms with van der Waals surface area (Å²) in [5, 5.41) is 0. The van der Waals surface area contributed by atoms with Gasteiger partial charge in [-0.3, -0.25) is 9.78 Å². The van der Waals surface area contributed by atoms with Crippen molar-refractivity contribution in [2.24, 2.45) is 0 Å². The Morgan fingerprint density at radius 3 is 2.31 bits per heavy atom. The van der Waals surface area contributed by atoms with E-state index in [1.165, 1.54) is 0 Å². The van der Waals surface area contributed by atoms with Gasteiger partial charge in [-0.1, -0.05) is 0 Å². The molecule has 88 valence electrons. The predicted molar refractivity (Wildman–Crippen MR) is 47.3 cm³/mol. The van der Waals surface area contributed by atoms with Gasteiger partial charge < -0.3 is 0 Å². The first-order valence-corrected chi connectivity index (χ1v) is 4.57. The highest BCUT2D eigenvalue weighted by Crippen LogP contribution is 2.39. The minimum absolute atomic E-state index is 0.138. The molecule has 8 heteroatoms. The molecular weight excluding hydrogens is 301 g/mol. The number of aromatic nitrogens is 1. The monoisotopic (exact) mass is 303 g/mol. The van der Waals surface area contributed by atoms with Gasteiger partial charge in [0.05, 0.1) is 5.56 Å². The number of nitrogens with zero attached hydrogens (tertiary/aromatic N) is 1. The molecule has 1 rings (SSSR count). The highest BCUT2D eigenvalue weighted by molar-refractivity contribution is 9.10. The lowest BCUT2D eigenvalue weighted by atomic mass is 10.1. The van der Waals surface area contributed by atoms with Gasteiger partial charge in [-0.15, -0.1) is 0 Å². The molecule has 0 aliphatic rings. The third kappa shape index (κ3) is 2.37. The maximum atomic E-state index is 12.5. The second-order valence-electron chi connectivity index (χ2n) is 2.70. The van der Waals surface area contributed by atoms with Gasteiger partial charge in [0.25, 0.3) is 6.43 Å². The van der Waals surface area contributed by atoms with Crippen LogP contribution in [0.4, 0.5) is 22.0 Å². The highest BCUT2D eigenvalue weighted by Gasteiger charge is 2.40. The first-order valence-electron chi connectivity index (χ1n) is 3.78. The van der Waals surface area contributed by atoms with E-state index in [1.807, 2.05) is 0 Å². The average molecular weight is 304 g/mol. The molecule has 0 unspecified atom stereocenters. The van der Waals surface area contributed by atoms with Crippen LogP contribution in [0.15, 0.2) is 10.7 Å². The number of alkyl halides is 5. The van der Waals surface area contributed by atoms with E-state index in [0.717, 1.165) is 6.20 Å². The molecule has 0 spiro atoms. The number of carbonyl (C=O) groups excluding carboxylic acids is 1. The second-order valence-corrected chi connectivity index (χ2v) is 3.55. The van der Waals surface area contributed by atoms with Gasteiger partial charge in [-0.2, -0.15) is 13.2 Å². The van der Waals surface area contributed by atoms with Crippen molar-refractivity contribution in [2.75, 3.05) is 0 Å². The molecule has 0 saturated carbocycles. The smallest absolute Gasteiger partial charge is 0.298 e. The summed E-state index contributed by atoms with van der Waals surface area (Å²) in [6.45, 7) is 0. The van der Waals surface area contributed by atoms with Gasteiger partial charge in [0.15, 0.2) is 6.29 Å². The molecule has 0 bridgehead atoms. The molecule has 0 fully saturated rings. The summed E-state index contributed by atoms with van der Waals surface area (Å²) in [4.78, 5) is 13.4. The second kappa shape index (κ2) is 4.44. The van der Waals surface area contributed by atoms with Crippen LogP contribution in [0.25, 0.3) is 0 Å². The molecule has 1 heterocycles. The van der Waals surface area contributed by atoms with Crippen LogP contribution in [0.5, 0.6) is 0 Å². The molecule has 1 aromatic rings. The summed E-state index contributed by atoms with van der Waals surface area (Å²) in [7, 11) is 0. The molecule has 0 saturated heterocycles. The Balaban J connectivity index is 3.61. The molecule has 1 aromatic heterocycles. The first kappa shape index (κ1) is 13.0. The summed E-state index contributed by atoms with van der Waals surface area (Å²) >= 11 is 2.64. The van der Waals surface area contributed by atoms with Crippen molar-refractivity contribution in [2.45, 2.75) is 12.6 Å². The van der Waals surface area contributed by atoms with Crippen molar-refractivity contribution in [3.63, 3.8) is 0 Å². The predicted octanol–water partition coefficient (Wildman–Crippen LogP) is 3.61. The van der Waals surface area contributed by atoms with E-state index in [2.05, 4.69) is 20.9 Å². The number of hydrogen-bond acceptors (Lipinski definition) is 2. The van der Waals surface area contributed by atoms with E-state index in [0.29, 0.717) is 0 Å². The SMILES string of the molecule is O=Cc1c(Br)cnc(C(F)F)c1C(F)(F)F. The van der Waals surface area contributed by atoms with Crippen LogP contribution in [0.2, 0.25) is 0 Å². The van der Waals surface area contributed by atoms with Crippen LogP contribution in [-0.2, 0) is 6.18 Å². The number of hydrogen-bond donors (Lipinski definition) is 0. The molecule has 0 amide bonds. The van der Waals surface area contributed by atoms with Crippen molar-refractivity contribution in [3.8, 4) is 0 Å². The van der Waals surface area contributed by atoms with Gasteiger partial charge in [-0.05, 0) is 15.9 Å². The Bertz CT molecular complexity index is 418. The Labute approximate surface area is 94.6 Å². The quantitative estimate of drug-likeness (QED) is 0.617. The Morgan fingerprint density at radius 2 is 1.94 bits per heavy atom. The van der Waals surface area contributed by atoms with Gasteiger partial charge in [-0.25, -0.2) is 8.78 Å². The van der Waals surface area contributed by atoms with Crippen LogP contribution in [0.3, 0.4) is 0 Å². The van der Waals surface area contributed by atoms with E-state index in [1.54, 1.807) is 0 Å². The van der Waals surface area contributed by atoms with E-state index in [9.17, 15) is 26.7 Å². The Hall–Kier alpha value is -1.05. The largest absolute Gasteiger partial charge is 0.419 e. The van der Waals surface area contributed by atoms with Crippen LogP contribution < -0.4 is 0 Å². The molecule has 2 nitrogen and oxygen atoms in total. The molecule has 0 aliphatic carbocycles. The van der Waals surface area contributed by atoms with Crippen LogP contribution >= 0.6 is 15.9 Å². The first-order chi connectivity index (χ1) is 7.29. The van der Waals surface area contributed by atoms with Gasteiger partial charge in [0, 0.05) is 16.2 Å². The molecule has 0 aliphatic heterocycles. The van der Waals surface area contributed by atoms with E-state index >= 15 is 0 Å². The lowest BCUT2D eigenvalue weighted by Gasteiger charge is -2.14. The molecular formula is C8H3BrF5NO. The van der Waals surface area contributed by atoms with Crippen molar-refractivity contribution >= 4 is 22.2 Å². The van der Waals surface area contributed by atoms with Crippen molar-refractivity contribution in [1.82, 2.24) is 4.98 Å². The normalized spacial score (nSPS) is 11.9. The van der Waals surface area contributed by atoms with Crippen molar-refractivity contribution < 1.29 is 26.7 Å². The summed E-state index contributed by atoms with van der Waals surface area (Å²) < 4.78 is 61.8. The van der Waals surface area contributed by atoms with Crippen molar-refractivity contribution in [1.29, 1.82) is 0 Å². The maximum absolute atomic E-state index is 12.5. The number of aldehydes is 1. The number of rotatable bonds is 2. The zero-order valence-electron chi connectivity index (χ0n) is 7.36. The zero-order valence-corrected chi connectivity index (χ0v) is 8.94. The summed E-state index contributed by atoms with van der Waals surface area (Å²) in [5.74, 6) is 0. The van der Waals surface area contributed by atoms with Crippen LogP contribution in [0, 0.1) is 0 Å². The Kier molecular flexibility index (Phi) is 3.61. The molecule has 0 aromatic carbocycles. The molecule has 0 radical (unpaired) electrons. The topological polar surface area (TPSA) is 30.0 Å². The summed E-state index contributed by atoms with van der Waals surface area (Å²) in [6.07, 6.45) is -7.86. The lowest BCUT2D eigenvalue weighted by molar-refractivity contribution is -0.140. The standard InChI is InChI=1S/C8H3BrF5NO/c9-4-1-15-6(7(10)11)5(3(4)2-16)8(12,13)14/h1-2,7H. The zero-order chi connectivity index (χ0) is 12.5. The van der Waals surface area contributed by atoms with Gasteiger partial charge in [0.2, 0.25) is 0 Å². The van der Waals surface area contributed by atoms with Gasteiger partial charge in [0.1, 0.15) is 5.69 Å². The molecule has 0 N–H and O–H groups in total. The third-order valence-electron chi connectivity index (χ3n) is 1.71. The minimum atomic E-state index is -5.06. The Morgan fingerprint density at radius 1 is 1.38 bits per heavy atom. The fourth-order valence-corrected chi connectivity index (χ4v) is 1.49. The van der Waals surface area contributed by atoms with Crippen LogP contribution in [0.1, 0.15) is 28.0 Å².